The molecule has 90 valence electrons. The van der Waals surface area contributed by atoms with Gasteiger partial charge in [0, 0.05) is 12.1 Å². The number of nitrogens with zero attached hydrogens (tertiary/aromatic N) is 3. The highest BCUT2D eigenvalue weighted by atomic mass is 19.1. The summed E-state index contributed by atoms with van der Waals surface area (Å²) in [4.78, 5) is 3.82. The van der Waals surface area contributed by atoms with E-state index >= 15 is 0 Å². The maximum Gasteiger partial charge on any atom is 0.167 e. The van der Waals surface area contributed by atoms with Crippen LogP contribution in [0.2, 0.25) is 0 Å². The molecular weight excluding hydrogens is 223 g/mol. The van der Waals surface area contributed by atoms with Gasteiger partial charge in [-0.05, 0) is 6.42 Å². The van der Waals surface area contributed by atoms with Gasteiger partial charge in [0.2, 0.25) is 0 Å². The SMILES string of the molecule is CCCOc1cc(-n2cncn2)c(N)cc1F. The molecule has 0 spiro atoms. The molecule has 2 aromatic rings. The van der Waals surface area contributed by atoms with Crippen molar-refractivity contribution in [2.24, 2.45) is 0 Å². The molecule has 1 aromatic heterocycles. The summed E-state index contributed by atoms with van der Waals surface area (Å²) in [6, 6.07) is 2.75. The van der Waals surface area contributed by atoms with E-state index in [2.05, 4.69) is 10.1 Å². The van der Waals surface area contributed by atoms with Crippen molar-refractivity contribution in [2.45, 2.75) is 13.3 Å². The van der Waals surface area contributed by atoms with E-state index in [0.717, 1.165) is 6.42 Å². The number of hydrogen-bond donors (Lipinski definition) is 1. The van der Waals surface area contributed by atoms with Gasteiger partial charge in [-0.2, -0.15) is 5.10 Å². The molecule has 0 bridgehead atoms. The van der Waals surface area contributed by atoms with E-state index in [1.54, 1.807) is 0 Å². The molecule has 0 aliphatic rings. The van der Waals surface area contributed by atoms with Crippen molar-refractivity contribution in [2.75, 3.05) is 12.3 Å². The van der Waals surface area contributed by atoms with Crippen LogP contribution in [0.25, 0.3) is 5.69 Å². The third-order valence-corrected chi connectivity index (χ3v) is 2.21. The summed E-state index contributed by atoms with van der Waals surface area (Å²) in [5.74, 6) is -0.300. The zero-order chi connectivity index (χ0) is 12.3. The van der Waals surface area contributed by atoms with Crippen LogP contribution in [0.4, 0.5) is 10.1 Å². The molecule has 0 fully saturated rings. The molecule has 17 heavy (non-hydrogen) atoms. The fourth-order valence-corrected chi connectivity index (χ4v) is 1.41. The molecule has 0 aliphatic heterocycles. The van der Waals surface area contributed by atoms with Gasteiger partial charge in [-0.1, -0.05) is 6.92 Å². The minimum atomic E-state index is -0.472. The number of hydrogen-bond acceptors (Lipinski definition) is 4. The molecule has 0 amide bonds. The third-order valence-electron chi connectivity index (χ3n) is 2.21. The second kappa shape index (κ2) is 4.82. The maximum atomic E-state index is 13.5. The van der Waals surface area contributed by atoms with Gasteiger partial charge in [-0.15, -0.1) is 0 Å². The summed E-state index contributed by atoms with van der Waals surface area (Å²) in [7, 11) is 0. The van der Waals surface area contributed by atoms with Crippen LogP contribution < -0.4 is 10.5 Å². The lowest BCUT2D eigenvalue weighted by Crippen LogP contribution is -2.04. The van der Waals surface area contributed by atoms with Crippen LogP contribution in [-0.2, 0) is 0 Å². The predicted octanol–water partition coefficient (Wildman–Crippen LogP) is 1.78. The highest BCUT2D eigenvalue weighted by Crippen LogP contribution is 2.26. The van der Waals surface area contributed by atoms with Crippen molar-refractivity contribution in [3.8, 4) is 11.4 Å². The zero-order valence-corrected chi connectivity index (χ0v) is 9.43. The zero-order valence-electron chi connectivity index (χ0n) is 9.43. The lowest BCUT2D eigenvalue weighted by molar-refractivity contribution is 0.301. The summed E-state index contributed by atoms with van der Waals surface area (Å²) in [6.07, 6.45) is 3.69. The third kappa shape index (κ3) is 2.35. The fourth-order valence-electron chi connectivity index (χ4n) is 1.41. The van der Waals surface area contributed by atoms with Gasteiger partial charge >= 0.3 is 0 Å². The molecule has 0 saturated heterocycles. The van der Waals surface area contributed by atoms with E-state index in [1.807, 2.05) is 6.92 Å². The normalized spacial score (nSPS) is 10.5. The Morgan fingerprint density at radius 3 is 2.94 bits per heavy atom. The van der Waals surface area contributed by atoms with Crippen LogP contribution in [0.1, 0.15) is 13.3 Å². The Kier molecular flexibility index (Phi) is 3.22. The molecule has 0 atom stereocenters. The molecule has 0 radical (unpaired) electrons. The van der Waals surface area contributed by atoms with Crippen LogP contribution in [0.3, 0.4) is 0 Å². The van der Waals surface area contributed by atoms with Gasteiger partial charge in [0.1, 0.15) is 12.7 Å². The number of benzene rings is 1. The molecule has 1 heterocycles. The quantitative estimate of drug-likeness (QED) is 0.822. The van der Waals surface area contributed by atoms with Gasteiger partial charge in [0.05, 0.1) is 18.0 Å². The van der Waals surface area contributed by atoms with Crippen LogP contribution in [0.15, 0.2) is 24.8 Å². The van der Waals surface area contributed by atoms with Gasteiger partial charge in [0.15, 0.2) is 11.6 Å². The number of halogens is 1. The van der Waals surface area contributed by atoms with Crippen LogP contribution in [0, 0.1) is 5.82 Å². The summed E-state index contributed by atoms with van der Waals surface area (Å²) in [5, 5.41) is 3.95. The highest BCUT2D eigenvalue weighted by molar-refractivity contribution is 5.60. The molecule has 6 heteroatoms. The van der Waals surface area contributed by atoms with Crippen molar-refractivity contribution >= 4 is 5.69 Å². The Labute approximate surface area is 98.0 Å². The number of anilines is 1. The van der Waals surface area contributed by atoms with E-state index in [0.29, 0.717) is 12.3 Å². The summed E-state index contributed by atoms with van der Waals surface area (Å²) >= 11 is 0. The number of nitrogen functional groups attached to an aromatic ring is 1. The molecule has 1 aromatic carbocycles. The van der Waals surface area contributed by atoms with E-state index in [4.69, 9.17) is 10.5 Å². The minimum Gasteiger partial charge on any atom is -0.490 e. The first-order chi connectivity index (χ1) is 8.22. The number of rotatable bonds is 4. The number of nitrogens with two attached hydrogens (primary N) is 1. The molecule has 0 aliphatic carbocycles. The lowest BCUT2D eigenvalue weighted by atomic mass is 10.2. The highest BCUT2D eigenvalue weighted by Gasteiger charge is 2.10. The van der Waals surface area contributed by atoms with Crippen molar-refractivity contribution in [3.63, 3.8) is 0 Å². The molecule has 0 saturated carbocycles. The smallest absolute Gasteiger partial charge is 0.167 e. The summed E-state index contributed by atoms with van der Waals surface area (Å²) in [6.45, 7) is 2.41. The fraction of sp³-hybridized carbons (Fsp3) is 0.273. The summed E-state index contributed by atoms with van der Waals surface area (Å²) in [5.41, 5.74) is 6.57. The minimum absolute atomic E-state index is 0.173. The molecule has 2 N–H and O–H groups in total. The van der Waals surface area contributed by atoms with Gasteiger partial charge in [-0.3, -0.25) is 0 Å². The van der Waals surface area contributed by atoms with Crippen LogP contribution in [0.5, 0.6) is 5.75 Å². The van der Waals surface area contributed by atoms with Crippen molar-refractivity contribution in [1.29, 1.82) is 0 Å². The van der Waals surface area contributed by atoms with Crippen molar-refractivity contribution in [3.05, 3.63) is 30.6 Å². The Hall–Kier alpha value is -2.11. The van der Waals surface area contributed by atoms with Crippen molar-refractivity contribution in [1.82, 2.24) is 14.8 Å². The first kappa shape index (κ1) is 11.4. The summed E-state index contributed by atoms with van der Waals surface area (Å²) < 4.78 is 20.3. The van der Waals surface area contributed by atoms with E-state index in [-0.39, 0.29) is 11.4 Å². The maximum absolute atomic E-state index is 13.5. The number of aromatic nitrogens is 3. The second-order valence-corrected chi connectivity index (χ2v) is 3.53. The molecule has 5 nitrogen and oxygen atoms in total. The predicted molar refractivity (Wildman–Crippen MR) is 61.5 cm³/mol. The standard InChI is InChI=1S/C11H13FN4O/c1-2-3-17-11-5-10(9(13)4-8(11)12)16-7-14-6-15-16/h4-7H,2-3,13H2,1H3. The van der Waals surface area contributed by atoms with Gasteiger partial charge in [0.25, 0.3) is 0 Å². The largest absolute Gasteiger partial charge is 0.490 e. The average molecular weight is 236 g/mol. The van der Waals surface area contributed by atoms with Gasteiger partial charge < -0.3 is 10.5 Å². The molecule has 2 rings (SSSR count). The van der Waals surface area contributed by atoms with E-state index in [9.17, 15) is 4.39 Å². The second-order valence-electron chi connectivity index (χ2n) is 3.53. The Bertz CT molecular complexity index is 498. The molecule has 0 unspecified atom stereocenters. The van der Waals surface area contributed by atoms with E-state index in [1.165, 1.54) is 29.5 Å². The Morgan fingerprint density at radius 2 is 2.29 bits per heavy atom. The van der Waals surface area contributed by atoms with Gasteiger partial charge in [-0.25, -0.2) is 14.1 Å². The monoisotopic (exact) mass is 236 g/mol. The lowest BCUT2D eigenvalue weighted by Gasteiger charge is -2.10. The number of ether oxygens (including phenoxy) is 1. The first-order valence-electron chi connectivity index (χ1n) is 5.29. The van der Waals surface area contributed by atoms with Crippen LogP contribution >= 0.6 is 0 Å². The van der Waals surface area contributed by atoms with Crippen molar-refractivity contribution < 1.29 is 9.13 Å². The topological polar surface area (TPSA) is 66.0 Å². The Morgan fingerprint density at radius 1 is 1.47 bits per heavy atom. The average Bonchev–Trinajstić information content (AvgIpc) is 2.81. The molecular formula is C11H13FN4O. The van der Waals surface area contributed by atoms with Crippen LogP contribution in [-0.4, -0.2) is 21.4 Å². The van der Waals surface area contributed by atoms with E-state index < -0.39 is 5.82 Å². The Balaban J connectivity index is 2.39. The first-order valence-corrected chi connectivity index (χ1v) is 5.29.